The molecule has 0 saturated heterocycles. The molecule has 2 rings (SSSR count). The van der Waals surface area contributed by atoms with E-state index in [0.717, 1.165) is 17.3 Å². The molecule has 1 aromatic carbocycles. The van der Waals surface area contributed by atoms with Gasteiger partial charge < -0.3 is 15.0 Å². The van der Waals surface area contributed by atoms with Crippen molar-refractivity contribution in [3.63, 3.8) is 0 Å². The molecule has 1 amide bonds. The lowest BCUT2D eigenvalue weighted by Gasteiger charge is -2.08. The minimum absolute atomic E-state index is 0.125. The van der Waals surface area contributed by atoms with Crippen molar-refractivity contribution in [1.82, 2.24) is 10.3 Å². The molecule has 1 aromatic heterocycles. The SMILES string of the molecule is Cc1cc(=O)[nH]c(SCC(=O)OCC(=O)NCc2ccccc2)c1C#N. The van der Waals surface area contributed by atoms with E-state index in [9.17, 15) is 14.4 Å². The Hall–Kier alpha value is -3.05. The van der Waals surface area contributed by atoms with Crippen LogP contribution in [0, 0.1) is 18.3 Å². The van der Waals surface area contributed by atoms with Crippen LogP contribution in [0.2, 0.25) is 0 Å². The molecule has 8 heteroatoms. The molecule has 7 nitrogen and oxygen atoms in total. The maximum Gasteiger partial charge on any atom is 0.316 e. The fraction of sp³-hybridized carbons (Fsp3) is 0.222. The highest BCUT2D eigenvalue weighted by atomic mass is 32.2. The van der Waals surface area contributed by atoms with Gasteiger partial charge in [0.25, 0.3) is 5.91 Å². The minimum Gasteiger partial charge on any atom is -0.455 e. The molecule has 0 saturated carbocycles. The van der Waals surface area contributed by atoms with Crippen LogP contribution in [0.5, 0.6) is 0 Å². The summed E-state index contributed by atoms with van der Waals surface area (Å²) < 4.78 is 4.90. The summed E-state index contributed by atoms with van der Waals surface area (Å²) in [7, 11) is 0. The third-order valence-electron chi connectivity index (χ3n) is 3.35. The molecule has 0 aliphatic heterocycles. The monoisotopic (exact) mass is 371 g/mol. The maximum absolute atomic E-state index is 11.8. The van der Waals surface area contributed by atoms with Gasteiger partial charge in [0.1, 0.15) is 6.07 Å². The molecule has 2 N–H and O–H groups in total. The number of aromatic amines is 1. The van der Waals surface area contributed by atoms with Crippen LogP contribution in [0.1, 0.15) is 16.7 Å². The summed E-state index contributed by atoms with van der Waals surface area (Å²) in [6.07, 6.45) is 0. The number of hydrogen-bond donors (Lipinski definition) is 2. The van der Waals surface area contributed by atoms with Crippen molar-refractivity contribution in [3.8, 4) is 6.07 Å². The van der Waals surface area contributed by atoms with Crippen molar-refractivity contribution < 1.29 is 14.3 Å². The number of aromatic nitrogens is 1. The van der Waals surface area contributed by atoms with Crippen molar-refractivity contribution in [3.05, 3.63) is 63.4 Å². The van der Waals surface area contributed by atoms with Gasteiger partial charge in [0.2, 0.25) is 5.56 Å². The summed E-state index contributed by atoms with van der Waals surface area (Å²) in [6, 6.07) is 12.7. The average molecular weight is 371 g/mol. The Morgan fingerprint density at radius 2 is 2.04 bits per heavy atom. The Bertz CT molecular complexity index is 888. The minimum atomic E-state index is -0.615. The van der Waals surface area contributed by atoms with Crippen LogP contribution in [-0.2, 0) is 20.9 Å². The normalized spacial score (nSPS) is 10.0. The van der Waals surface area contributed by atoms with Gasteiger partial charge in [-0.05, 0) is 18.1 Å². The average Bonchev–Trinajstić information content (AvgIpc) is 2.63. The predicted molar refractivity (Wildman–Crippen MR) is 96.5 cm³/mol. The number of nitrogens with zero attached hydrogens (tertiary/aromatic N) is 1. The van der Waals surface area contributed by atoms with E-state index < -0.39 is 11.9 Å². The second-order valence-corrected chi connectivity index (χ2v) is 6.33. The first-order chi connectivity index (χ1) is 12.5. The second-order valence-electron chi connectivity index (χ2n) is 5.34. The van der Waals surface area contributed by atoms with Crippen LogP contribution >= 0.6 is 11.8 Å². The van der Waals surface area contributed by atoms with Crippen LogP contribution in [0.15, 0.2) is 46.2 Å². The van der Waals surface area contributed by atoms with E-state index in [1.54, 1.807) is 6.92 Å². The molecule has 0 spiro atoms. The number of H-pyrrole nitrogens is 1. The van der Waals surface area contributed by atoms with E-state index in [4.69, 9.17) is 10.00 Å². The van der Waals surface area contributed by atoms with E-state index in [2.05, 4.69) is 10.3 Å². The van der Waals surface area contributed by atoms with Gasteiger partial charge in [-0.15, -0.1) is 0 Å². The maximum atomic E-state index is 11.8. The molecule has 0 bridgehead atoms. The Morgan fingerprint density at radius 3 is 2.73 bits per heavy atom. The summed E-state index contributed by atoms with van der Waals surface area (Å²) in [4.78, 5) is 37.5. The van der Waals surface area contributed by atoms with E-state index in [0.29, 0.717) is 22.7 Å². The standard InChI is InChI=1S/C18H17N3O4S/c1-12-7-15(22)21-18(14(12)8-19)26-11-17(24)25-10-16(23)20-9-13-5-3-2-4-6-13/h2-7H,9-11H2,1H3,(H,20,23)(H,21,22). The number of ether oxygens (including phenoxy) is 1. The molecule has 0 unspecified atom stereocenters. The van der Waals surface area contributed by atoms with E-state index in [-0.39, 0.29) is 17.9 Å². The second kappa shape index (κ2) is 9.44. The molecule has 0 aliphatic rings. The van der Waals surface area contributed by atoms with Crippen molar-refractivity contribution in [2.24, 2.45) is 0 Å². The van der Waals surface area contributed by atoms with Gasteiger partial charge in [-0.3, -0.25) is 14.4 Å². The number of nitriles is 1. The van der Waals surface area contributed by atoms with Crippen LogP contribution in [0.4, 0.5) is 0 Å². The van der Waals surface area contributed by atoms with Gasteiger partial charge in [0.05, 0.1) is 16.3 Å². The third kappa shape index (κ3) is 5.79. The number of aryl methyl sites for hydroxylation is 1. The van der Waals surface area contributed by atoms with Crippen LogP contribution in [0.3, 0.4) is 0 Å². The Balaban J connectivity index is 1.78. The fourth-order valence-electron chi connectivity index (χ4n) is 2.07. The number of benzene rings is 1. The molecule has 0 radical (unpaired) electrons. The molecule has 134 valence electrons. The van der Waals surface area contributed by atoms with Crippen LogP contribution in [-0.4, -0.2) is 29.2 Å². The molecule has 0 atom stereocenters. The van der Waals surface area contributed by atoms with E-state index >= 15 is 0 Å². The molecule has 0 fully saturated rings. The van der Waals surface area contributed by atoms with Crippen molar-refractivity contribution >= 4 is 23.6 Å². The summed E-state index contributed by atoms with van der Waals surface area (Å²) in [5.74, 6) is -1.15. The van der Waals surface area contributed by atoms with Crippen molar-refractivity contribution in [2.75, 3.05) is 12.4 Å². The van der Waals surface area contributed by atoms with Gasteiger partial charge in [-0.25, -0.2) is 0 Å². The highest BCUT2D eigenvalue weighted by Crippen LogP contribution is 2.20. The number of amides is 1. The Labute approximate surface area is 154 Å². The molecular formula is C18H17N3O4S. The lowest BCUT2D eigenvalue weighted by molar-refractivity contribution is -0.145. The zero-order chi connectivity index (χ0) is 18.9. The lowest BCUT2D eigenvalue weighted by atomic mass is 10.2. The Morgan fingerprint density at radius 1 is 1.31 bits per heavy atom. The molecule has 26 heavy (non-hydrogen) atoms. The zero-order valence-corrected chi connectivity index (χ0v) is 14.9. The number of esters is 1. The first-order valence-electron chi connectivity index (χ1n) is 7.72. The first kappa shape index (κ1) is 19.3. The van der Waals surface area contributed by atoms with Gasteiger partial charge in [-0.2, -0.15) is 5.26 Å². The van der Waals surface area contributed by atoms with E-state index in [1.807, 2.05) is 36.4 Å². The number of nitrogens with one attached hydrogen (secondary N) is 2. The van der Waals surface area contributed by atoms with Crippen LogP contribution in [0.25, 0.3) is 0 Å². The number of thioether (sulfide) groups is 1. The topological polar surface area (TPSA) is 112 Å². The fourth-order valence-corrected chi connectivity index (χ4v) is 2.94. The van der Waals surface area contributed by atoms with Gasteiger partial charge >= 0.3 is 5.97 Å². The lowest BCUT2D eigenvalue weighted by Crippen LogP contribution is -2.28. The van der Waals surface area contributed by atoms with Crippen LogP contribution < -0.4 is 10.9 Å². The predicted octanol–water partition coefficient (Wildman–Crippen LogP) is 1.51. The zero-order valence-electron chi connectivity index (χ0n) is 14.1. The van der Waals surface area contributed by atoms with E-state index in [1.165, 1.54) is 6.07 Å². The summed E-state index contributed by atoms with van der Waals surface area (Å²) in [6.45, 7) is 1.61. The number of carbonyl (C=O) groups excluding carboxylic acids is 2. The highest BCUT2D eigenvalue weighted by Gasteiger charge is 2.12. The highest BCUT2D eigenvalue weighted by molar-refractivity contribution is 7.99. The van der Waals surface area contributed by atoms with Gasteiger partial charge in [-0.1, -0.05) is 42.1 Å². The largest absolute Gasteiger partial charge is 0.455 e. The summed E-state index contributed by atoms with van der Waals surface area (Å²) in [5.41, 5.74) is 1.43. The summed E-state index contributed by atoms with van der Waals surface area (Å²) >= 11 is 0.986. The third-order valence-corrected chi connectivity index (χ3v) is 4.32. The first-order valence-corrected chi connectivity index (χ1v) is 8.71. The molecule has 1 heterocycles. The van der Waals surface area contributed by atoms with Crippen molar-refractivity contribution in [2.45, 2.75) is 18.5 Å². The van der Waals surface area contributed by atoms with Gasteiger partial charge in [0.15, 0.2) is 6.61 Å². The molecule has 2 aromatic rings. The van der Waals surface area contributed by atoms with Gasteiger partial charge in [0, 0.05) is 12.6 Å². The number of rotatable bonds is 7. The molecular weight excluding hydrogens is 354 g/mol. The number of pyridine rings is 1. The quantitative estimate of drug-likeness (QED) is 0.563. The number of hydrogen-bond acceptors (Lipinski definition) is 6. The Kier molecular flexibility index (Phi) is 7.00. The smallest absolute Gasteiger partial charge is 0.316 e. The summed E-state index contributed by atoms with van der Waals surface area (Å²) in [5, 5.41) is 12.1. The number of carbonyl (C=O) groups is 2. The molecule has 0 aliphatic carbocycles. The van der Waals surface area contributed by atoms with Crippen molar-refractivity contribution in [1.29, 1.82) is 5.26 Å².